The molecule has 2 nitrogen and oxygen atoms in total. The van der Waals surface area contributed by atoms with Crippen molar-refractivity contribution in [2.75, 3.05) is 6.54 Å². The fourth-order valence-electron chi connectivity index (χ4n) is 1.98. The Morgan fingerprint density at radius 3 is 2.89 bits per heavy atom. The lowest BCUT2D eigenvalue weighted by Gasteiger charge is -2.20. The van der Waals surface area contributed by atoms with Gasteiger partial charge < -0.3 is 5.32 Å². The molecule has 1 N–H and O–H groups in total. The van der Waals surface area contributed by atoms with Gasteiger partial charge in [0, 0.05) is 21.9 Å². The molecule has 0 aliphatic carbocycles. The highest BCUT2D eigenvalue weighted by atomic mass is 79.9. The van der Waals surface area contributed by atoms with Crippen LogP contribution in [0.4, 0.5) is 0 Å². The highest BCUT2D eigenvalue weighted by Crippen LogP contribution is 2.30. The van der Waals surface area contributed by atoms with E-state index in [4.69, 9.17) is 11.6 Å². The zero-order valence-electron chi connectivity index (χ0n) is 10.7. The minimum atomic E-state index is 0.0988. The van der Waals surface area contributed by atoms with Crippen LogP contribution in [0.5, 0.6) is 0 Å². The molecule has 1 unspecified atom stereocenters. The van der Waals surface area contributed by atoms with Crippen molar-refractivity contribution in [1.29, 1.82) is 0 Å². The van der Waals surface area contributed by atoms with Crippen LogP contribution in [0.25, 0.3) is 0 Å². The summed E-state index contributed by atoms with van der Waals surface area (Å²) in [5.74, 6) is 0. The van der Waals surface area contributed by atoms with Crippen LogP contribution in [-0.2, 0) is 0 Å². The molecule has 1 atom stereocenters. The summed E-state index contributed by atoms with van der Waals surface area (Å²) in [5.41, 5.74) is 2.27. The van der Waals surface area contributed by atoms with Crippen molar-refractivity contribution in [3.8, 4) is 0 Å². The van der Waals surface area contributed by atoms with Gasteiger partial charge in [0.1, 0.15) is 0 Å². The average molecular weight is 340 g/mol. The van der Waals surface area contributed by atoms with Crippen molar-refractivity contribution in [2.24, 2.45) is 0 Å². The molecule has 0 amide bonds. The zero-order valence-corrected chi connectivity index (χ0v) is 13.1. The van der Waals surface area contributed by atoms with Gasteiger partial charge in [0.15, 0.2) is 0 Å². The van der Waals surface area contributed by atoms with Crippen LogP contribution in [0, 0.1) is 0 Å². The van der Waals surface area contributed by atoms with Crippen molar-refractivity contribution in [3.63, 3.8) is 0 Å². The average Bonchev–Trinajstić information content (AvgIpc) is 2.44. The second kappa shape index (κ2) is 7.04. The fraction of sp³-hybridized carbons (Fsp3) is 0.267. The number of halogens is 2. The van der Waals surface area contributed by atoms with E-state index in [9.17, 15) is 0 Å². The van der Waals surface area contributed by atoms with E-state index in [0.717, 1.165) is 33.6 Å². The summed E-state index contributed by atoms with van der Waals surface area (Å²) < 4.78 is 1.05. The molecule has 0 saturated carbocycles. The summed E-state index contributed by atoms with van der Waals surface area (Å²) in [5, 5.41) is 4.28. The minimum Gasteiger partial charge on any atom is -0.306 e. The number of benzene rings is 1. The Balaban J connectivity index is 2.40. The van der Waals surface area contributed by atoms with E-state index in [1.165, 1.54) is 0 Å². The zero-order chi connectivity index (χ0) is 13.7. The molecule has 1 aromatic heterocycles. The van der Waals surface area contributed by atoms with E-state index in [0.29, 0.717) is 0 Å². The first-order valence-electron chi connectivity index (χ1n) is 6.30. The van der Waals surface area contributed by atoms with Crippen molar-refractivity contribution in [2.45, 2.75) is 19.4 Å². The third-order valence-electron chi connectivity index (χ3n) is 2.89. The molecule has 0 radical (unpaired) electrons. The van der Waals surface area contributed by atoms with Gasteiger partial charge in [0.2, 0.25) is 0 Å². The molecule has 0 bridgehead atoms. The second-order valence-electron chi connectivity index (χ2n) is 4.34. The molecule has 1 heterocycles. The van der Waals surface area contributed by atoms with E-state index < -0.39 is 0 Å². The van der Waals surface area contributed by atoms with Crippen LogP contribution in [0.1, 0.15) is 30.5 Å². The Labute approximate surface area is 127 Å². The number of hydrogen-bond acceptors (Lipinski definition) is 2. The molecule has 0 aliphatic heterocycles. The molecular formula is C15H16BrClN2. The highest BCUT2D eigenvalue weighted by Gasteiger charge is 2.16. The molecule has 2 aromatic rings. The molecular weight excluding hydrogens is 324 g/mol. The monoisotopic (exact) mass is 338 g/mol. The molecule has 0 saturated heterocycles. The SMILES string of the molecule is CCCNC(c1cccnc1)c1cc(Cl)ccc1Br. The summed E-state index contributed by atoms with van der Waals surface area (Å²) in [4.78, 5) is 4.20. The molecule has 0 fully saturated rings. The molecule has 1 aromatic carbocycles. The van der Waals surface area contributed by atoms with Crippen LogP contribution < -0.4 is 5.32 Å². The topological polar surface area (TPSA) is 24.9 Å². The van der Waals surface area contributed by atoms with Gasteiger partial charge in [0.25, 0.3) is 0 Å². The second-order valence-corrected chi connectivity index (χ2v) is 5.63. The van der Waals surface area contributed by atoms with Crippen molar-refractivity contribution in [3.05, 3.63) is 63.3 Å². The van der Waals surface area contributed by atoms with Gasteiger partial charge in [-0.15, -0.1) is 0 Å². The van der Waals surface area contributed by atoms with Gasteiger partial charge in [-0.25, -0.2) is 0 Å². The lowest BCUT2D eigenvalue weighted by Crippen LogP contribution is -2.23. The maximum atomic E-state index is 6.12. The van der Waals surface area contributed by atoms with Crippen molar-refractivity contribution < 1.29 is 0 Å². The maximum Gasteiger partial charge on any atom is 0.0603 e. The predicted molar refractivity (Wildman–Crippen MR) is 83.5 cm³/mol. The first-order chi connectivity index (χ1) is 9.22. The maximum absolute atomic E-state index is 6.12. The van der Waals surface area contributed by atoms with Crippen LogP contribution >= 0.6 is 27.5 Å². The molecule has 100 valence electrons. The Kier molecular flexibility index (Phi) is 5.37. The summed E-state index contributed by atoms with van der Waals surface area (Å²) in [6.07, 6.45) is 4.75. The van der Waals surface area contributed by atoms with E-state index in [2.05, 4.69) is 39.2 Å². The first kappa shape index (κ1) is 14.5. The number of nitrogens with zero attached hydrogens (tertiary/aromatic N) is 1. The third-order valence-corrected chi connectivity index (χ3v) is 3.84. The Morgan fingerprint density at radius 2 is 2.21 bits per heavy atom. The van der Waals surface area contributed by atoms with Gasteiger partial charge in [0.05, 0.1) is 6.04 Å². The Morgan fingerprint density at radius 1 is 1.37 bits per heavy atom. The lowest BCUT2D eigenvalue weighted by atomic mass is 10.00. The van der Waals surface area contributed by atoms with Gasteiger partial charge in [-0.05, 0) is 48.4 Å². The van der Waals surface area contributed by atoms with Crippen LogP contribution in [0.3, 0.4) is 0 Å². The molecule has 19 heavy (non-hydrogen) atoms. The summed E-state index contributed by atoms with van der Waals surface area (Å²) in [6, 6.07) is 9.99. The molecule has 2 rings (SSSR count). The van der Waals surface area contributed by atoms with Crippen LogP contribution in [0.2, 0.25) is 5.02 Å². The van der Waals surface area contributed by atoms with Crippen molar-refractivity contribution >= 4 is 27.5 Å². The van der Waals surface area contributed by atoms with Gasteiger partial charge in [-0.3, -0.25) is 4.98 Å². The summed E-state index contributed by atoms with van der Waals surface area (Å²) in [7, 11) is 0. The number of rotatable bonds is 5. The lowest BCUT2D eigenvalue weighted by molar-refractivity contribution is 0.595. The molecule has 0 spiro atoms. The highest BCUT2D eigenvalue weighted by molar-refractivity contribution is 9.10. The van der Waals surface area contributed by atoms with Crippen LogP contribution in [-0.4, -0.2) is 11.5 Å². The number of hydrogen-bond donors (Lipinski definition) is 1. The van der Waals surface area contributed by atoms with Gasteiger partial charge in [-0.1, -0.05) is 40.5 Å². The van der Waals surface area contributed by atoms with E-state index in [-0.39, 0.29) is 6.04 Å². The summed E-state index contributed by atoms with van der Waals surface area (Å²) in [6.45, 7) is 3.10. The Bertz CT molecular complexity index is 531. The minimum absolute atomic E-state index is 0.0988. The van der Waals surface area contributed by atoms with Gasteiger partial charge in [-0.2, -0.15) is 0 Å². The first-order valence-corrected chi connectivity index (χ1v) is 7.47. The number of aromatic nitrogens is 1. The Hall–Kier alpha value is -0.900. The van der Waals surface area contributed by atoms with E-state index in [1.807, 2.05) is 30.5 Å². The predicted octanol–water partition coefficient (Wildman–Crippen LogP) is 4.59. The van der Waals surface area contributed by atoms with E-state index >= 15 is 0 Å². The quantitative estimate of drug-likeness (QED) is 0.862. The molecule has 0 aliphatic rings. The number of nitrogens with one attached hydrogen (secondary N) is 1. The van der Waals surface area contributed by atoms with Crippen LogP contribution in [0.15, 0.2) is 47.2 Å². The normalized spacial score (nSPS) is 12.4. The van der Waals surface area contributed by atoms with Crippen molar-refractivity contribution in [1.82, 2.24) is 10.3 Å². The fourth-order valence-corrected chi connectivity index (χ4v) is 2.63. The standard InChI is InChI=1S/C15H16BrClN2/c1-2-7-19-15(11-4-3-8-18-10-11)13-9-12(17)5-6-14(13)16/h3-6,8-10,15,19H,2,7H2,1H3. The van der Waals surface area contributed by atoms with E-state index in [1.54, 1.807) is 6.20 Å². The number of pyridine rings is 1. The summed E-state index contributed by atoms with van der Waals surface area (Å²) >= 11 is 9.72. The third kappa shape index (κ3) is 3.78. The molecule has 4 heteroatoms. The largest absolute Gasteiger partial charge is 0.306 e. The van der Waals surface area contributed by atoms with Gasteiger partial charge >= 0.3 is 0 Å². The smallest absolute Gasteiger partial charge is 0.0603 e.